The molecule has 39 heavy (non-hydrogen) atoms. The van der Waals surface area contributed by atoms with Gasteiger partial charge in [0.1, 0.15) is 11.6 Å². The van der Waals surface area contributed by atoms with Crippen molar-refractivity contribution in [3.8, 4) is 22.6 Å². The summed E-state index contributed by atoms with van der Waals surface area (Å²) >= 11 is 0. The number of hydrogen-bond donors (Lipinski definition) is 2. The Bertz CT molecular complexity index is 1770. The first-order chi connectivity index (χ1) is 18.5. The van der Waals surface area contributed by atoms with Crippen molar-refractivity contribution in [2.75, 3.05) is 0 Å². The molecule has 0 saturated carbocycles. The second-order valence-electron chi connectivity index (χ2n) is 11.4. The number of hydrogen-bond acceptors (Lipinski definition) is 6. The zero-order valence-corrected chi connectivity index (χ0v) is 22.0. The van der Waals surface area contributed by atoms with E-state index in [1.807, 2.05) is 6.07 Å². The molecule has 1 aliphatic rings. The summed E-state index contributed by atoms with van der Waals surface area (Å²) < 4.78 is 29.3. The molecule has 0 saturated heterocycles. The van der Waals surface area contributed by atoms with Crippen LogP contribution in [0.15, 0.2) is 53.6 Å². The van der Waals surface area contributed by atoms with Crippen LogP contribution >= 0.6 is 0 Å². The van der Waals surface area contributed by atoms with E-state index in [9.17, 15) is 13.6 Å². The Morgan fingerprint density at radius 2 is 1.79 bits per heavy atom. The van der Waals surface area contributed by atoms with Gasteiger partial charge in [0.05, 0.1) is 33.6 Å². The van der Waals surface area contributed by atoms with Crippen LogP contribution in [0, 0.1) is 17.0 Å². The van der Waals surface area contributed by atoms with Crippen molar-refractivity contribution in [2.24, 2.45) is 5.41 Å². The van der Waals surface area contributed by atoms with Crippen LogP contribution in [0.25, 0.3) is 33.8 Å². The van der Waals surface area contributed by atoms with Crippen molar-refractivity contribution in [1.82, 2.24) is 35.1 Å². The largest absolute Gasteiger partial charge is 0.325 e. The number of fused-ring (bicyclic) bond motifs is 2. The number of pyridine rings is 1. The van der Waals surface area contributed by atoms with E-state index in [4.69, 9.17) is 4.98 Å². The SMILES string of the molecule is CC(C)(C)[C@H]1CC[C@](C)(c2ccnc(-c3cnc4[nH]c(=O)[nH]c4c3)n2)c2nnc(-c3c(F)cccc3F)cc21. The lowest BCUT2D eigenvalue weighted by molar-refractivity contribution is 0.257. The molecular weight excluding hydrogens is 500 g/mol. The van der Waals surface area contributed by atoms with Crippen LogP contribution in [0.2, 0.25) is 0 Å². The summed E-state index contributed by atoms with van der Waals surface area (Å²) in [5.74, 6) is -0.791. The van der Waals surface area contributed by atoms with Crippen molar-refractivity contribution in [2.45, 2.75) is 51.9 Å². The third-order valence-corrected chi connectivity index (χ3v) is 7.77. The molecule has 5 aromatic rings. The first kappa shape index (κ1) is 25.0. The fourth-order valence-electron chi connectivity index (χ4n) is 5.67. The fraction of sp³-hybridized carbons (Fsp3) is 0.310. The van der Waals surface area contributed by atoms with E-state index in [0.29, 0.717) is 22.6 Å². The molecular formula is C29H27F2N7O. The second-order valence-corrected chi connectivity index (χ2v) is 11.4. The minimum absolute atomic E-state index is 0.1000. The number of aromatic nitrogens is 7. The van der Waals surface area contributed by atoms with E-state index >= 15 is 0 Å². The zero-order valence-electron chi connectivity index (χ0n) is 22.0. The van der Waals surface area contributed by atoms with Gasteiger partial charge < -0.3 is 4.98 Å². The molecule has 0 aliphatic heterocycles. The van der Waals surface area contributed by atoms with Gasteiger partial charge in [0.25, 0.3) is 0 Å². The summed E-state index contributed by atoms with van der Waals surface area (Å²) in [6, 6.07) is 9.22. The van der Waals surface area contributed by atoms with Crippen molar-refractivity contribution < 1.29 is 8.78 Å². The fourth-order valence-corrected chi connectivity index (χ4v) is 5.67. The third-order valence-electron chi connectivity index (χ3n) is 7.77. The molecule has 2 N–H and O–H groups in total. The molecule has 0 spiro atoms. The van der Waals surface area contributed by atoms with Crippen molar-refractivity contribution >= 4 is 11.2 Å². The van der Waals surface area contributed by atoms with Crippen LogP contribution in [0.1, 0.15) is 63.4 Å². The van der Waals surface area contributed by atoms with Gasteiger partial charge in [-0.1, -0.05) is 26.8 Å². The van der Waals surface area contributed by atoms with Gasteiger partial charge in [0.2, 0.25) is 0 Å². The average molecular weight is 528 g/mol. The molecule has 0 radical (unpaired) electrons. The Morgan fingerprint density at radius 1 is 1.03 bits per heavy atom. The number of aromatic amines is 2. The van der Waals surface area contributed by atoms with Gasteiger partial charge in [-0.05, 0) is 67.0 Å². The summed E-state index contributed by atoms with van der Waals surface area (Å²) in [7, 11) is 0. The van der Waals surface area contributed by atoms with Gasteiger partial charge in [-0.15, -0.1) is 5.10 Å². The molecule has 0 amide bonds. The third kappa shape index (κ3) is 4.20. The van der Waals surface area contributed by atoms with Gasteiger partial charge >= 0.3 is 5.69 Å². The highest BCUT2D eigenvalue weighted by Gasteiger charge is 2.44. The first-order valence-electron chi connectivity index (χ1n) is 12.8. The zero-order chi connectivity index (χ0) is 27.5. The Hall–Kier alpha value is -4.34. The Kier molecular flexibility index (Phi) is 5.67. The Balaban J connectivity index is 1.49. The van der Waals surface area contributed by atoms with Crippen LogP contribution in [-0.2, 0) is 5.41 Å². The number of imidazole rings is 1. The molecule has 8 nitrogen and oxygen atoms in total. The number of benzene rings is 1. The monoisotopic (exact) mass is 527 g/mol. The lowest BCUT2D eigenvalue weighted by Crippen LogP contribution is -2.36. The number of rotatable bonds is 3. The van der Waals surface area contributed by atoms with Crippen molar-refractivity contribution in [3.05, 3.63) is 87.9 Å². The van der Waals surface area contributed by atoms with E-state index < -0.39 is 17.0 Å². The Morgan fingerprint density at radius 3 is 2.54 bits per heavy atom. The van der Waals surface area contributed by atoms with Gasteiger partial charge in [0.15, 0.2) is 11.5 Å². The minimum atomic E-state index is -0.676. The molecule has 4 aromatic heterocycles. The van der Waals surface area contributed by atoms with E-state index in [0.717, 1.165) is 29.8 Å². The highest BCUT2D eigenvalue weighted by Crippen LogP contribution is 2.51. The Labute approximate surface area is 223 Å². The summed E-state index contributed by atoms with van der Waals surface area (Å²) in [4.78, 5) is 30.7. The van der Waals surface area contributed by atoms with Crippen LogP contribution < -0.4 is 5.69 Å². The molecule has 10 heteroatoms. The summed E-state index contributed by atoms with van der Waals surface area (Å²) in [6.45, 7) is 8.54. The normalized spacial score (nSPS) is 19.3. The van der Waals surface area contributed by atoms with E-state index in [2.05, 4.69) is 57.8 Å². The van der Waals surface area contributed by atoms with Crippen LogP contribution in [0.5, 0.6) is 0 Å². The van der Waals surface area contributed by atoms with E-state index in [-0.39, 0.29) is 28.3 Å². The van der Waals surface area contributed by atoms with Gasteiger partial charge in [0, 0.05) is 18.0 Å². The summed E-state index contributed by atoms with van der Waals surface area (Å²) in [5.41, 5.74) is 3.01. The van der Waals surface area contributed by atoms with E-state index in [1.165, 1.54) is 18.2 Å². The predicted octanol–water partition coefficient (Wildman–Crippen LogP) is 5.67. The van der Waals surface area contributed by atoms with E-state index in [1.54, 1.807) is 24.5 Å². The lowest BCUT2D eigenvalue weighted by atomic mass is 9.62. The van der Waals surface area contributed by atoms with Gasteiger partial charge in [-0.25, -0.2) is 28.5 Å². The smallest absolute Gasteiger partial charge is 0.304 e. The molecule has 2 atom stereocenters. The maximum Gasteiger partial charge on any atom is 0.325 e. The number of nitrogens with zero attached hydrogens (tertiary/aromatic N) is 5. The lowest BCUT2D eigenvalue weighted by Gasteiger charge is -2.42. The second kappa shape index (κ2) is 8.86. The van der Waals surface area contributed by atoms with Crippen molar-refractivity contribution in [3.63, 3.8) is 0 Å². The highest BCUT2D eigenvalue weighted by molar-refractivity contribution is 5.75. The van der Waals surface area contributed by atoms with Crippen LogP contribution in [0.3, 0.4) is 0 Å². The molecule has 1 aliphatic carbocycles. The molecule has 6 rings (SSSR count). The molecule has 0 bridgehead atoms. The molecule has 0 fully saturated rings. The maximum atomic E-state index is 14.7. The predicted molar refractivity (Wildman–Crippen MR) is 143 cm³/mol. The summed E-state index contributed by atoms with van der Waals surface area (Å²) in [6.07, 6.45) is 4.89. The minimum Gasteiger partial charge on any atom is -0.304 e. The number of nitrogens with one attached hydrogen (secondary N) is 2. The molecule has 4 heterocycles. The van der Waals surface area contributed by atoms with Crippen LogP contribution in [0.4, 0.5) is 8.78 Å². The molecule has 0 unspecified atom stereocenters. The number of halogens is 2. The average Bonchev–Trinajstić information content (AvgIpc) is 3.27. The van der Waals surface area contributed by atoms with Crippen molar-refractivity contribution in [1.29, 1.82) is 0 Å². The van der Waals surface area contributed by atoms with Gasteiger partial charge in [-0.2, -0.15) is 5.10 Å². The highest BCUT2D eigenvalue weighted by atomic mass is 19.1. The maximum absolute atomic E-state index is 14.7. The standard InChI is InChI=1S/C29H27F2N7O/c1-28(2,3)17-8-10-29(4,24-16(17)13-20(37-38-24)23-18(30)6-5-7-19(23)31)22-9-11-32-25(35-22)15-12-21-26(33-14-15)36-27(39)34-21/h5-7,9,11-14,17H,8,10H2,1-4H3,(H2,33,34,36,39)/t17-,29+/m0/s1. The summed E-state index contributed by atoms with van der Waals surface area (Å²) in [5, 5.41) is 8.94. The first-order valence-corrected chi connectivity index (χ1v) is 12.8. The molecule has 1 aromatic carbocycles. The van der Waals surface area contributed by atoms with Gasteiger partial charge in [-0.3, -0.25) is 4.98 Å². The molecule has 198 valence electrons. The topological polar surface area (TPSA) is 113 Å². The van der Waals surface area contributed by atoms with Crippen LogP contribution in [-0.4, -0.2) is 35.1 Å². The number of H-pyrrole nitrogens is 2. The quantitative estimate of drug-likeness (QED) is 0.312.